The average Bonchev–Trinajstić information content (AvgIpc) is 3.34. The van der Waals surface area contributed by atoms with Gasteiger partial charge in [-0.05, 0) is 96.3 Å². The fourth-order valence-corrected chi connectivity index (χ4v) is 8.10. The van der Waals surface area contributed by atoms with E-state index in [4.69, 9.17) is 14.2 Å². The lowest BCUT2D eigenvalue weighted by Gasteiger charge is -2.18. The number of hydrogen-bond acceptors (Lipinski definition) is 5. The number of allylic oxidation sites excluding steroid dienone is 14. The summed E-state index contributed by atoms with van der Waals surface area (Å²) in [6, 6.07) is 0. The van der Waals surface area contributed by atoms with E-state index in [1.807, 2.05) is 0 Å². The molecule has 1 atom stereocenters. The molecule has 392 valence electrons. The Morgan fingerprint density at radius 3 is 1.12 bits per heavy atom. The van der Waals surface area contributed by atoms with Gasteiger partial charge in [0.05, 0.1) is 6.61 Å². The first kappa shape index (κ1) is 65.1. The maximum absolute atomic E-state index is 12.8. The monoisotopic (exact) mass is 947 g/mol. The highest BCUT2D eigenvalue weighted by molar-refractivity contribution is 5.70. The number of esters is 2. The molecule has 0 aromatic rings. The molecule has 0 saturated carbocycles. The van der Waals surface area contributed by atoms with Crippen LogP contribution < -0.4 is 0 Å². The fourth-order valence-electron chi connectivity index (χ4n) is 8.10. The highest BCUT2D eigenvalue weighted by atomic mass is 16.6. The second kappa shape index (κ2) is 58.4. The van der Waals surface area contributed by atoms with Gasteiger partial charge in [-0.1, -0.05) is 254 Å². The molecule has 0 heterocycles. The molecule has 0 rings (SSSR count). The first-order valence-corrected chi connectivity index (χ1v) is 29.1. The standard InChI is InChI=1S/C63H110O5/c1-4-7-10-13-16-19-22-25-28-30-32-33-36-38-41-44-47-50-53-56-62(64)67-60-61(68-63(65)57-54-51-48-45-42-39-35-27-24-21-18-15-12-9-6-3)59-66-58-55-52-49-46-43-40-37-34-31-29-26-23-20-17-14-11-8-5-2/h9,12,16,18-19,21,25,27-28,32-33,35,42,45,61H,4-8,10-11,13-15,17,20,22-24,26,29-31,34,36-41,43-44,46-60H2,1-3H3/b12-9-,19-16-,21-18-,28-25-,33-32-,35-27-,45-42-. The number of carbonyl (C=O) groups is 2. The molecular weight excluding hydrogens is 837 g/mol. The van der Waals surface area contributed by atoms with Crippen molar-refractivity contribution in [3.63, 3.8) is 0 Å². The Kier molecular flexibility index (Phi) is 55.9. The van der Waals surface area contributed by atoms with Crippen LogP contribution in [-0.2, 0) is 23.8 Å². The van der Waals surface area contributed by atoms with Gasteiger partial charge in [-0.2, -0.15) is 0 Å². The van der Waals surface area contributed by atoms with E-state index >= 15 is 0 Å². The molecular formula is C63H110O5. The minimum absolute atomic E-state index is 0.0606. The van der Waals surface area contributed by atoms with E-state index in [2.05, 4.69) is 106 Å². The number of rotatable bonds is 53. The lowest BCUT2D eigenvalue weighted by molar-refractivity contribution is -0.163. The normalized spacial score (nSPS) is 12.8. The van der Waals surface area contributed by atoms with Gasteiger partial charge in [-0.25, -0.2) is 0 Å². The van der Waals surface area contributed by atoms with Crippen LogP contribution in [0.15, 0.2) is 85.1 Å². The van der Waals surface area contributed by atoms with Crippen LogP contribution in [0, 0.1) is 0 Å². The third kappa shape index (κ3) is 55.7. The Labute approximate surface area is 422 Å². The van der Waals surface area contributed by atoms with Gasteiger partial charge in [-0.15, -0.1) is 0 Å². The molecule has 5 nitrogen and oxygen atoms in total. The summed E-state index contributed by atoms with van der Waals surface area (Å²) in [4.78, 5) is 25.5. The SMILES string of the molecule is CC/C=C\C/C=C\C/C=C\C/C=C\CCCCC(=O)OC(COCCCCCCCCCCCCCCCCCCCC)COC(=O)CCCCCCCC/C=C\C/C=C\C/C=C\CCCCC. The number of carbonyl (C=O) groups excluding carboxylic acids is 2. The van der Waals surface area contributed by atoms with Crippen LogP contribution in [0.25, 0.3) is 0 Å². The lowest BCUT2D eigenvalue weighted by Crippen LogP contribution is -2.30. The van der Waals surface area contributed by atoms with Crippen molar-refractivity contribution in [1.29, 1.82) is 0 Å². The molecule has 0 spiro atoms. The van der Waals surface area contributed by atoms with Crippen molar-refractivity contribution >= 4 is 11.9 Å². The summed E-state index contributed by atoms with van der Waals surface area (Å²) in [6.45, 7) is 7.66. The van der Waals surface area contributed by atoms with Gasteiger partial charge < -0.3 is 14.2 Å². The smallest absolute Gasteiger partial charge is 0.306 e. The summed E-state index contributed by atoms with van der Waals surface area (Å²) in [6.07, 6.45) is 77.5. The Bertz CT molecular complexity index is 1250. The summed E-state index contributed by atoms with van der Waals surface area (Å²) in [5.41, 5.74) is 0. The Hall–Kier alpha value is -2.92. The van der Waals surface area contributed by atoms with Gasteiger partial charge in [-0.3, -0.25) is 9.59 Å². The maximum Gasteiger partial charge on any atom is 0.306 e. The van der Waals surface area contributed by atoms with Gasteiger partial charge in [0.25, 0.3) is 0 Å². The molecule has 0 amide bonds. The van der Waals surface area contributed by atoms with E-state index < -0.39 is 6.10 Å². The maximum atomic E-state index is 12.8. The molecule has 0 aliphatic heterocycles. The van der Waals surface area contributed by atoms with Crippen molar-refractivity contribution in [2.75, 3.05) is 19.8 Å². The topological polar surface area (TPSA) is 61.8 Å². The average molecular weight is 948 g/mol. The summed E-state index contributed by atoms with van der Waals surface area (Å²) < 4.78 is 17.4. The number of unbranched alkanes of at least 4 members (excludes halogenated alkanes) is 28. The van der Waals surface area contributed by atoms with Gasteiger partial charge in [0.2, 0.25) is 0 Å². The number of ether oxygens (including phenoxy) is 3. The third-order valence-electron chi connectivity index (χ3n) is 12.4. The quantitative estimate of drug-likeness (QED) is 0.0345. The van der Waals surface area contributed by atoms with Crippen LogP contribution in [0.1, 0.15) is 278 Å². The van der Waals surface area contributed by atoms with Gasteiger partial charge in [0, 0.05) is 19.4 Å². The predicted octanol–water partition coefficient (Wildman–Crippen LogP) is 20.0. The highest BCUT2D eigenvalue weighted by Gasteiger charge is 2.17. The molecule has 5 heteroatoms. The zero-order valence-corrected chi connectivity index (χ0v) is 45.1. The largest absolute Gasteiger partial charge is 0.462 e. The second-order valence-electron chi connectivity index (χ2n) is 19.2. The van der Waals surface area contributed by atoms with E-state index in [0.717, 1.165) is 96.3 Å². The van der Waals surface area contributed by atoms with Crippen molar-refractivity contribution in [3.05, 3.63) is 85.1 Å². The Morgan fingerprint density at radius 1 is 0.338 bits per heavy atom. The highest BCUT2D eigenvalue weighted by Crippen LogP contribution is 2.15. The minimum Gasteiger partial charge on any atom is -0.462 e. The van der Waals surface area contributed by atoms with Crippen LogP contribution in [-0.4, -0.2) is 37.9 Å². The van der Waals surface area contributed by atoms with Gasteiger partial charge >= 0.3 is 11.9 Å². The van der Waals surface area contributed by atoms with E-state index in [0.29, 0.717) is 19.4 Å². The minimum atomic E-state index is -0.566. The molecule has 0 fully saturated rings. The number of hydrogen-bond donors (Lipinski definition) is 0. The summed E-state index contributed by atoms with van der Waals surface area (Å²) >= 11 is 0. The van der Waals surface area contributed by atoms with Crippen LogP contribution >= 0.6 is 0 Å². The van der Waals surface area contributed by atoms with E-state index in [1.165, 1.54) is 148 Å². The summed E-state index contributed by atoms with van der Waals surface area (Å²) in [7, 11) is 0. The molecule has 0 aliphatic rings. The van der Waals surface area contributed by atoms with Crippen molar-refractivity contribution in [3.8, 4) is 0 Å². The van der Waals surface area contributed by atoms with Crippen LogP contribution in [0.5, 0.6) is 0 Å². The van der Waals surface area contributed by atoms with E-state index in [1.54, 1.807) is 0 Å². The van der Waals surface area contributed by atoms with Crippen molar-refractivity contribution < 1.29 is 23.8 Å². The second-order valence-corrected chi connectivity index (χ2v) is 19.2. The zero-order valence-electron chi connectivity index (χ0n) is 45.1. The van der Waals surface area contributed by atoms with Crippen LogP contribution in [0.2, 0.25) is 0 Å². The molecule has 0 aromatic heterocycles. The predicted molar refractivity (Wildman–Crippen MR) is 297 cm³/mol. The first-order chi connectivity index (χ1) is 33.6. The molecule has 1 unspecified atom stereocenters. The molecule has 0 aromatic carbocycles. The molecule has 0 radical (unpaired) electrons. The fraction of sp³-hybridized carbons (Fsp3) is 0.746. The Morgan fingerprint density at radius 2 is 0.662 bits per heavy atom. The molecule has 68 heavy (non-hydrogen) atoms. The van der Waals surface area contributed by atoms with Crippen LogP contribution in [0.3, 0.4) is 0 Å². The Balaban J connectivity index is 4.33. The van der Waals surface area contributed by atoms with Gasteiger partial charge in [0.1, 0.15) is 6.61 Å². The summed E-state index contributed by atoms with van der Waals surface area (Å²) in [5.74, 6) is -0.452. The van der Waals surface area contributed by atoms with Gasteiger partial charge in [0.15, 0.2) is 6.10 Å². The molecule has 0 bridgehead atoms. The lowest BCUT2D eigenvalue weighted by atomic mass is 10.0. The van der Waals surface area contributed by atoms with Crippen molar-refractivity contribution in [1.82, 2.24) is 0 Å². The molecule has 0 aliphatic carbocycles. The van der Waals surface area contributed by atoms with Crippen molar-refractivity contribution in [2.45, 2.75) is 284 Å². The van der Waals surface area contributed by atoms with E-state index in [9.17, 15) is 9.59 Å². The van der Waals surface area contributed by atoms with Crippen molar-refractivity contribution in [2.24, 2.45) is 0 Å². The van der Waals surface area contributed by atoms with E-state index in [-0.39, 0.29) is 25.2 Å². The summed E-state index contributed by atoms with van der Waals surface area (Å²) in [5, 5.41) is 0. The van der Waals surface area contributed by atoms with Crippen LogP contribution in [0.4, 0.5) is 0 Å². The first-order valence-electron chi connectivity index (χ1n) is 29.1. The molecule has 0 N–H and O–H groups in total. The molecule has 0 saturated heterocycles. The third-order valence-corrected chi connectivity index (χ3v) is 12.4. The zero-order chi connectivity index (χ0) is 49.2.